The summed E-state index contributed by atoms with van der Waals surface area (Å²) in [6.45, 7) is 1.61. The molecule has 0 radical (unpaired) electrons. The van der Waals surface area contributed by atoms with Crippen LogP contribution in [-0.2, 0) is 19.0 Å². The SMILES string of the molecule is COC1(C)O/C(=C\C=C\c2ccccc2)C(=O)/C(=C/C=C/c2ccccc2)O1. The third-order valence-corrected chi connectivity index (χ3v) is 4.08. The summed E-state index contributed by atoms with van der Waals surface area (Å²) in [6.07, 6.45) is 10.5. The lowest BCUT2D eigenvalue weighted by Crippen LogP contribution is -2.41. The minimum atomic E-state index is -1.37. The Morgan fingerprint density at radius 2 is 1.21 bits per heavy atom. The van der Waals surface area contributed by atoms with Crippen molar-refractivity contribution in [3.05, 3.63) is 108 Å². The Morgan fingerprint density at radius 3 is 1.61 bits per heavy atom. The maximum atomic E-state index is 12.7. The van der Waals surface area contributed by atoms with Gasteiger partial charge in [0.2, 0.25) is 0 Å². The van der Waals surface area contributed by atoms with Gasteiger partial charge in [0, 0.05) is 14.0 Å². The zero-order chi connectivity index (χ0) is 19.8. The van der Waals surface area contributed by atoms with Crippen molar-refractivity contribution in [2.24, 2.45) is 0 Å². The van der Waals surface area contributed by atoms with E-state index in [0.29, 0.717) is 0 Å². The van der Waals surface area contributed by atoms with Crippen molar-refractivity contribution in [3.8, 4) is 0 Å². The fraction of sp³-hybridized carbons (Fsp3) is 0.125. The molecule has 0 unspecified atom stereocenters. The van der Waals surface area contributed by atoms with Crippen molar-refractivity contribution < 1.29 is 19.0 Å². The minimum Gasteiger partial charge on any atom is -0.426 e. The van der Waals surface area contributed by atoms with Crippen LogP contribution >= 0.6 is 0 Å². The molecule has 0 aliphatic carbocycles. The van der Waals surface area contributed by atoms with E-state index in [1.807, 2.05) is 72.8 Å². The van der Waals surface area contributed by atoms with Crippen molar-refractivity contribution in [3.63, 3.8) is 0 Å². The second-order valence-corrected chi connectivity index (χ2v) is 6.20. The Morgan fingerprint density at radius 1 is 0.786 bits per heavy atom. The first-order chi connectivity index (χ1) is 13.6. The average Bonchev–Trinajstić information content (AvgIpc) is 2.73. The van der Waals surface area contributed by atoms with Crippen LogP contribution in [0.4, 0.5) is 0 Å². The number of benzene rings is 2. The monoisotopic (exact) mass is 374 g/mol. The van der Waals surface area contributed by atoms with Gasteiger partial charge in [-0.05, 0) is 23.3 Å². The quantitative estimate of drug-likeness (QED) is 0.682. The fourth-order valence-corrected chi connectivity index (χ4v) is 2.56. The molecular weight excluding hydrogens is 352 g/mol. The molecule has 4 heteroatoms. The maximum absolute atomic E-state index is 12.7. The molecule has 1 heterocycles. The highest BCUT2D eigenvalue weighted by Crippen LogP contribution is 2.30. The fourth-order valence-electron chi connectivity index (χ4n) is 2.56. The third kappa shape index (κ3) is 5.09. The predicted octanol–water partition coefficient (Wildman–Crippen LogP) is 5.12. The number of carbonyl (C=O) groups is 1. The summed E-state index contributed by atoms with van der Waals surface area (Å²) in [7, 11) is 1.46. The molecule has 1 aliphatic heterocycles. The molecule has 4 nitrogen and oxygen atoms in total. The molecule has 1 fully saturated rings. The van der Waals surface area contributed by atoms with Crippen molar-refractivity contribution in [1.29, 1.82) is 0 Å². The van der Waals surface area contributed by atoms with Gasteiger partial charge in [0.1, 0.15) is 0 Å². The van der Waals surface area contributed by atoms with Crippen LogP contribution in [0.1, 0.15) is 18.1 Å². The van der Waals surface area contributed by atoms with Crippen molar-refractivity contribution in [2.75, 3.05) is 7.11 Å². The Labute approximate surface area is 165 Å². The van der Waals surface area contributed by atoms with Gasteiger partial charge in [-0.1, -0.05) is 85.0 Å². The van der Waals surface area contributed by atoms with Crippen LogP contribution in [0.2, 0.25) is 0 Å². The van der Waals surface area contributed by atoms with E-state index in [4.69, 9.17) is 14.2 Å². The molecule has 3 rings (SSSR count). The van der Waals surface area contributed by atoms with Crippen LogP contribution in [0.15, 0.2) is 96.5 Å². The number of hydrogen-bond donors (Lipinski definition) is 0. The first kappa shape index (κ1) is 19.4. The Hall–Kier alpha value is -3.37. The van der Waals surface area contributed by atoms with Gasteiger partial charge in [-0.15, -0.1) is 0 Å². The second kappa shape index (κ2) is 9.02. The van der Waals surface area contributed by atoms with E-state index in [1.165, 1.54) is 7.11 Å². The molecule has 1 saturated heterocycles. The van der Waals surface area contributed by atoms with Crippen molar-refractivity contribution in [1.82, 2.24) is 0 Å². The van der Waals surface area contributed by atoms with E-state index >= 15 is 0 Å². The summed E-state index contributed by atoms with van der Waals surface area (Å²) >= 11 is 0. The molecule has 142 valence electrons. The minimum absolute atomic E-state index is 0.155. The van der Waals surface area contributed by atoms with Gasteiger partial charge in [0.25, 0.3) is 5.78 Å². The zero-order valence-corrected chi connectivity index (χ0v) is 15.9. The molecule has 0 bridgehead atoms. The summed E-state index contributed by atoms with van der Waals surface area (Å²) in [6, 6.07) is 19.6. The van der Waals surface area contributed by atoms with Gasteiger partial charge in [0.05, 0.1) is 0 Å². The highest BCUT2D eigenvalue weighted by molar-refractivity contribution is 6.06. The normalized spacial score (nSPS) is 22.7. The van der Waals surface area contributed by atoms with Crippen molar-refractivity contribution in [2.45, 2.75) is 12.9 Å². The van der Waals surface area contributed by atoms with Crippen LogP contribution in [0.3, 0.4) is 0 Å². The van der Waals surface area contributed by atoms with Gasteiger partial charge < -0.3 is 14.2 Å². The number of ether oxygens (including phenoxy) is 3. The maximum Gasteiger partial charge on any atom is 0.368 e. The molecule has 2 aromatic rings. The van der Waals surface area contributed by atoms with Crippen molar-refractivity contribution >= 4 is 17.9 Å². The Kier molecular flexibility index (Phi) is 6.25. The van der Waals surface area contributed by atoms with E-state index in [9.17, 15) is 4.79 Å². The summed E-state index contributed by atoms with van der Waals surface area (Å²) in [5, 5.41) is 0. The summed E-state index contributed by atoms with van der Waals surface area (Å²) < 4.78 is 16.5. The lowest BCUT2D eigenvalue weighted by molar-refractivity contribution is -0.335. The molecule has 0 atom stereocenters. The first-order valence-corrected chi connectivity index (χ1v) is 8.94. The molecule has 2 aromatic carbocycles. The standard InChI is InChI=1S/C24H22O4/c1-24(26-2)27-21(17-9-15-19-11-5-3-6-12-19)23(25)22(28-24)18-10-16-20-13-7-4-8-14-20/h3-18H,1-2H3/b15-9+,16-10+,21-17-,22-18-. The van der Waals surface area contributed by atoms with Gasteiger partial charge in [-0.2, -0.15) is 0 Å². The zero-order valence-electron chi connectivity index (χ0n) is 15.9. The third-order valence-electron chi connectivity index (χ3n) is 4.08. The number of carbonyl (C=O) groups excluding carboxylic acids is 1. The Balaban J connectivity index is 1.82. The van der Waals surface area contributed by atoms with Gasteiger partial charge >= 0.3 is 5.97 Å². The molecule has 1 aliphatic rings. The Bertz CT molecular complexity index is 850. The van der Waals surface area contributed by atoms with E-state index in [0.717, 1.165) is 11.1 Å². The largest absolute Gasteiger partial charge is 0.426 e. The lowest BCUT2D eigenvalue weighted by atomic mass is 10.1. The predicted molar refractivity (Wildman–Crippen MR) is 110 cm³/mol. The highest BCUT2D eigenvalue weighted by Gasteiger charge is 2.40. The molecule has 0 N–H and O–H groups in total. The van der Waals surface area contributed by atoms with Gasteiger partial charge in [0.15, 0.2) is 11.5 Å². The number of allylic oxidation sites excluding steroid dienone is 4. The molecule has 0 aromatic heterocycles. The molecule has 0 spiro atoms. The van der Waals surface area contributed by atoms with Crippen LogP contribution in [0, 0.1) is 0 Å². The summed E-state index contributed by atoms with van der Waals surface area (Å²) in [4.78, 5) is 12.7. The molecule has 0 saturated carbocycles. The number of rotatable bonds is 5. The average molecular weight is 374 g/mol. The topological polar surface area (TPSA) is 44.8 Å². The van der Waals surface area contributed by atoms with E-state index in [1.54, 1.807) is 31.2 Å². The second-order valence-electron chi connectivity index (χ2n) is 6.20. The first-order valence-electron chi connectivity index (χ1n) is 8.94. The van der Waals surface area contributed by atoms with Crippen LogP contribution in [-0.4, -0.2) is 18.9 Å². The number of ketones is 1. The lowest BCUT2D eigenvalue weighted by Gasteiger charge is -2.34. The molecular formula is C24H22O4. The molecule has 0 amide bonds. The highest BCUT2D eigenvalue weighted by atomic mass is 16.9. The number of hydrogen-bond acceptors (Lipinski definition) is 4. The number of Topliss-reactive ketones (excluding diaryl/α,β-unsaturated/α-hetero) is 1. The van der Waals surface area contributed by atoms with Gasteiger partial charge in [-0.3, -0.25) is 4.79 Å². The van der Waals surface area contributed by atoms with Crippen LogP contribution < -0.4 is 0 Å². The molecule has 28 heavy (non-hydrogen) atoms. The van der Waals surface area contributed by atoms with E-state index in [-0.39, 0.29) is 17.3 Å². The van der Waals surface area contributed by atoms with E-state index in [2.05, 4.69) is 0 Å². The van der Waals surface area contributed by atoms with E-state index < -0.39 is 5.97 Å². The smallest absolute Gasteiger partial charge is 0.368 e. The summed E-state index contributed by atoms with van der Waals surface area (Å²) in [5.74, 6) is -1.40. The van der Waals surface area contributed by atoms with Crippen LogP contribution in [0.5, 0.6) is 0 Å². The summed E-state index contributed by atoms with van der Waals surface area (Å²) in [5.41, 5.74) is 2.05. The van der Waals surface area contributed by atoms with Crippen LogP contribution in [0.25, 0.3) is 12.2 Å². The number of methoxy groups -OCH3 is 1. The van der Waals surface area contributed by atoms with Gasteiger partial charge in [-0.25, -0.2) is 0 Å².